The summed E-state index contributed by atoms with van der Waals surface area (Å²) in [5.41, 5.74) is 6.81. The zero-order valence-corrected chi connectivity index (χ0v) is 21.2. The van der Waals surface area contributed by atoms with Gasteiger partial charge in [-0.15, -0.1) is 23.8 Å². The van der Waals surface area contributed by atoms with Crippen LogP contribution in [-0.2, 0) is 22.6 Å². The minimum atomic E-state index is -4.79. The number of carbonyl (C=O) groups excluding carboxylic acids is 2. The maximum Gasteiger partial charge on any atom is 0.573 e. The van der Waals surface area contributed by atoms with E-state index < -0.39 is 12.3 Å². The zero-order valence-electron chi connectivity index (χ0n) is 21.2. The molecule has 1 fully saturated rings. The minimum Gasteiger partial charge on any atom is -0.406 e. The van der Waals surface area contributed by atoms with Crippen LogP contribution >= 0.6 is 0 Å². The quantitative estimate of drug-likeness (QED) is 0.290. The van der Waals surface area contributed by atoms with E-state index in [2.05, 4.69) is 36.6 Å². The number of benzene rings is 1. The van der Waals surface area contributed by atoms with Crippen molar-refractivity contribution in [3.63, 3.8) is 0 Å². The Morgan fingerprint density at radius 2 is 1.92 bits per heavy atom. The zero-order chi connectivity index (χ0) is 27.7. The molecule has 2 amide bonds. The molecule has 1 aromatic carbocycles. The molecular formula is C24H31F3N8O4. The summed E-state index contributed by atoms with van der Waals surface area (Å²) in [7, 11) is 0. The topological polar surface area (TPSA) is 135 Å². The molecule has 2 aliphatic rings. The van der Waals surface area contributed by atoms with Crippen LogP contribution < -0.4 is 26.3 Å². The lowest BCUT2D eigenvalue weighted by molar-refractivity contribution is -0.274. The van der Waals surface area contributed by atoms with Gasteiger partial charge in [-0.2, -0.15) is 0 Å². The first-order chi connectivity index (χ1) is 18.7. The van der Waals surface area contributed by atoms with Crippen LogP contribution in [0.1, 0.15) is 41.7 Å². The molecule has 15 heteroatoms. The number of amides is 2. The first kappa shape index (κ1) is 28.2. The predicted molar refractivity (Wildman–Crippen MR) is 131 cm³/mol. The molecule has 2 aromatic rings. The number of nitrogens with zero attached hydrogens (tertiary/aromatic N) is 4. The number of rotatable bonds is 12. The van der Waals surface area contributed by atoms with E-state index in [1.165, 1.54) is 24.4 Å². The second-order valence-corrected chi connectivity index (χ2v) is 9.19. The van der Waals surface area contributed by atoms with Crippen LogP contribution in [0, 0.1) is 5.92 Å². The van der Waals surface area contributed by atoms with Crippen LogP contribution in [0.15, 0.2) is 42.4 Å². The van der Waals surface area contributed by atoms with Crippen molar-refractivity contribution in [3.05, 3.63) is 53.6 Å². The second kappa shape index (κ2) is 13.3. The van der Waals surface area contributed by atoms with Crippen LogP contribution in [0.2, 0.25) is 0 Å². The molecule has 1 saturated heterocycles. The van der Waals surface area contributed by atoms with E-state index >= 15 is 0 Å². The van der Waals surface area contributed by atoms with Gasteiger partial charge in [0.05, 0.1) is 6.20 Å². The molecule has 4 N–H and O–H groups in total. The van der Waals surface area contributed by atoms with Gasteiger partial charge in [0.2, 0.25) is 0 Å². The van der Waals surface area contributed by atoms with E-state index in [-0.39, 0.29) is 23.9 Å². The molecule has 12 nitrogen and oxygen atoms in total. The van der Waals surface area contributed by atoms with E-state index in [1.54, 1.807) is 22.0 Å². The first-order valence-electron chi connectivity index (χ1n) is 12.6. The van der Waals surface area contributed by atoms with Gasteiger partial charge >= 0.3 is 6.36 Å². The SMILES string of the molecule is O=C(NCC1CCOCC1)C1=CN(CCCCn2cc(C(=O)NCc3cccc(OC(F)(F)F)c3)nn2)NN1. The second-order valence-electron chi connectivity index (χ2n) is 9.19. The Labute approximate surface area is 222 Å². The van der Waals surface area contributed by atoms with Crippen molar-refractivity contribution in [3.8, 4) is 5.75 Å². The van der Waals surface area contributed by atoms with E-state index in [1.807, 2.05) is 0 Å². The fourth-order valence-corrected chi connectivity index (χ4v) is 4.06. The summed E-state index contributed by atoms with van der Waals surface area (Å²) in [4.78, 5) is 24.7. The van der Waals surface area contributed by atoms with Crippen molar-refractivity contribution < 1.29 is 32.2 Å². The fourth-order valence-electron chi connectivity index (χ4n) is 4.06. The number of aryl methyl sites for hydroxylation is 1. The molecule has 3 heterocycles. The normalized spacial score (nSPS) is 16.0. The largest absolute Gasteiger partial charge is 0.573 e. The highest BCUT2D eigenvalue weighted by molar-refractivity contribution is 5.93. The first-order valence-corrected chi connectivity index (χ1v) is 12.6. The van der Waals surface area contributed by atoms with E-state index in [0.717, 1.165) is 38.9 Å². The summed E-state index contributed by atoms with van der Waals surface area (Å²) in [6.45, 7) is 3.28. The summed E-state index contributed by atoms with van der Waals surface area (Å²) in [5, 5.41) is 15.2. The number of nitrogens with one attached hydrogen (secondary N) is 4. The number of hydrogen-bond donors (Lipinski definition) is 4. The molecule has 4 rings (SSSR count). The lowest BCUT2D eigenvalue weighted by atomic mass is 10.0. The van der Waals surface area contributed by atoms with Crippen LogP contribution in [0.25, 0.3) is 0 Å². The molecule has 39 heavy (non-hydrogen) atoms. The molecule has 2 aliphatic heterocycles. The Balaban J connectivity index is 1.13. The van der Waals surface area contributed by atoms with E-state index in [9.17, 15) is 22.8 Å². The summed E-state index contributed by atoms with van der Waals surface area (Å²) < 4.78 is 47.9. The average molecular weight is 553 g/mol. The molecule has 0 radical (unpaired) electrons. The molecular weight excluding hydrogens is 521 g/mol. The highest BCUT2D eigenvalue weighted by atomic mass is 19.4. The Morgan fingerprint density at radius 3 is 2.72 bits per heavy atom. The van der Waals surface area contributed by atoms with Gasteiger partial charge in [-0.05, 0) is 49.3 Å². The third-order valence-electron chi connectivity index (χ3n) is 6.15. The number of carbonyl (C=O) groups is 2. The lowest BCUT2D eigenvalue weighted by Crippen LogP contribution is -2.40. The van der Waals surface area contributed by atoms with Crippen molar-refractivity contribution in [2.24, 2.45) is 5.92 Å². The van der Waals surface area contributed by atoms with Crippen LogP contribution in [0.3, 0.4) is 0 Å². The van der Waals surface area contributed by atoms with Gasteiger partial charge in [0.25, 0.3) is 11.8 Å². The molecule has 0 aliphatic carbocycles. The number of aromatic nitrogens is 3. The Bertz CT molecular complexity index is 1150. The van der Waals surface area contributed by atoms with Crippen molar-refractivity contribution in [1.82, 2.24) is 41.6 Å². The maximum absolute atomic E-state index is 12.4. The van der Waals surface area contributed by atoms with Crippen molar-refractivity contribution in [2.75, 3.05) is 26.3 Å². The van der Waals surface area contributed by atoms with Gasteiger partial charge in [0, 0.05) is 45.6 Å². The standard InChI is InChI=1S/C24H31F3N8O4/c25-24(26,27)39-19-5-3-4-18(12-19)14-29-23(37)21-16-35(33-31-21)9-2-1-8-34-15-20(30-32-34)22(36)28-13-17-6-10-38-11-7-17/h3-5,12,15-17,30,32H,1-2,6-11,13-14H2,(H,28,36)(H,29,37). The van der Waals surface area contributed by atoms with Gasteiger partial charge in [-0.25, -0.2) is 0 Å². The molecule has 0 bridgehead atoms. The number of alkyl halides is 3. The van der Waals surface area contributed by atoms with Gasteiger partial charge in [0.15, 0.2) is 5.69 Å². The summed E-state index contributed by atoms with van der Waals surface area (Å²) >= 11 is 0. The Morgan fingerprint density at radius 1 is 1.13 bits per heavy atom. The molecule has 0 atom stereocenters. The minimum absolute atomic E-state index is 0.000685. The third kappa shape index (κ3) is 9.14. The van der Waals surface area contributed by atoms with Gasteiger partial charge in [-0.1, -0.05) is 17.3 Å². The molecule has 212 valence electrons. The smallest absolute Gasteiger partial charge is 0.406 e. The van der Waals surface area contributed by atoms with Gasteiger partial charge < -0.3 is 20.1 Å². The van der Waals surface area contributed by atoms with Gasteiger partial charge in [-0.3, -0.25) is 24.7 Å². The monoisotopic (exact) mass is 552 g/mol. The lowest BCUT2D eigenvalue weighted by Gasteiger charge is -2.22. The molecule has 0 saturated carbocycles. The number of hydrogen-bond acceptors (Lipinski definition) is 9. The van der Waals surface area contributed by atoms with Crippen molar-refractivity contribution >= 4 is 11.8 Å². The third-order valence-corrected chi connectivity index (χ3v) is 6.15. The number of halogens is 3. The summed E-state index contributed by atoms with van der Waals surface area (Å²) in [6, 6.07) is 5.37. The number of ether oxygens (including phenoxy) is 2. The van der Waals surface area contributed by atoms with Gasteiger partial charge in [0.1, 0.15) is 11.4 Å². The molecule has 0 unspecified atom stereocenters. The highest BCUT2D eigenvalue weighted by Crippen LogP contribution is 2.23. The van der Waals surface area contributed by atoms with Crippen molar-refractivity contribution in [1.29, 1.82) is 0 Å². The Hall–Kier alpha value is -3.85. The fraction of sp³-hybridized carbons (Fsp3) is 0.500. The number of hydrazine groups is 2. The highest BCUT2D eigenvalue weighted by Gasteiger charge is 2.31. The van der Waals surface area contributed by atoms with E-state index in [4.69, 9.17) is 4.74 Å². The van der Waals surface area contributed by atoms with E-state index in [0.29, 0.717) is 36.8 Å². The van der Waals surface area contributed by atoms with Crippen molar-refractivity contribution in [2.45, 2.75) is 45.1 Å². The average Bonchev–Trinajstić information content (AvgIpc) is 3.58. The molecule has 0 spiro atoms. The molecule has 1 aromatic heterocycles. The van der Waals surface area contributed by atoms with Crippen LogP contribution in [-0.4, -0.2) is 64.5 Å². The van der Waals surface area contributed by atoms with Crippen LogP contribution in [0.4, 0.5) is 13.2 Å². The van der Waals surface area contributed by atoms with Crippen LogP contribution in [0.5, 0.6) is 5.75 Å². The summed E-state index contributed by atoms with van der Waals surface area (Å²) in [5.74, 6) is -0.577. The predicted octanol–water partition coefficient (Wildman–Crippen LogP) is 1.60. The Kier molecular flexibility index (Phi) is 9.59. The number of unbranched alkanes of at least 4 members (excludes halogenated alkanes) is 1. The summed E-state index contributed by atoms with van der Waals surface area (Å²) in [6.07, 6.45) is 1.87. The maximum atomic E-state index is 12.4.